The number of morpholine rings is 1. The number of hydrogen-bond acceptors (Lipinski definition) is 7. The predicted octanol–water partition coefficient (Wildman–Crippen LogP) is 3.78. The van der Waals surface area contributed by atoms with Gasteiger partial charge < -0.3 is 15.0 Å². The number of aromatic nitrogens is 4. The Kier molecular flexibility index (Phi) is 5.11. The van der Waals surface area contributed by atoms with E-state index in [0.29, 0.717) is 24.6 Å². The van der Waals surface area contributed by atoms with Gasteiger partial charge in [-0.15, -0.1) is 0 Å². The molecule has 1 saturated heterocycles. The molecule has 32 heavy (non-hydrogen) atoms. The van der Waals surface area contributed by atoms with Gasteiger partial charge in [-0.2, -0.15) is 10.2 Å². The predicted molar refractivity (Wildman–Crippen MR) is 124 cm³/mol. The fourth-order valence-electron chi connectivity index (χ4n) is 4.37. The Morgan fingerprint density at radius 1 is 1.16 bits per heavy atom. The number of fused-ring (bicyclic) bond motifs is 3. The summed E-state index contributed by atoms with van der Waals surface area (Å²) in [6, 6.07) is 10.1. The van der Waals surface area contributed by atoms with Crippen LogP contribution in [0.4, 0.5) is 11.6 Å². The summed E-state index contributed by atoms with van der Waals surface area (Å²) in [5, 5.41) is 14.0. The minimum absolute atomic E-state index is 0.0440. The van der Waals surface area contributed by atoms with Gasteiger partial charge in [-0.3, -0.25) is 4.40 Å². The van der Waals surface area contributed by atoms with Crippen LogP contribution in [0.25, 0.3) is 16.7 Å². The molecule has 0 aliphatic carbocycles. The van der Waals surface area contributed by atoms with Gasteiger partial charge in [0.05, 0.1) is 48.8 Å². The molecule has 0 amide bonds. The lowest BCUT2D eigenvalue weighted by molar-refractivity contribution is 0.122. The van der Waals surface area contributed by atoms with Crippen LogP contribution in [0.15, 0.2) is 36.7 Å². The van der Waals surface area contributed by atoms with Gasteiger partial charge in [0, 0.05) is 24.2 Å². The van der Waals surface area contributed by atoms with Crippen LogP contribution in [0.3, 0.4) is 0 Å². The number of hydrogen-bond donors (Lipinski definition) is 1. The number of nitriles is 1. The van der Waals surface area contributed by atoms with Gasteiger partial charge in [0.1, 0.15) is 11.6 Å². The van der Waals surface area contributed by atoms with E-state index in [1.165, 1.54) is 0 Å². The van der Waals surface area contributed by atoms with E-state index in [4.69, 9.17) is 14.7 Å². The standard InChI is InChI=1S/C24H25N7O/c1-15-13-27-24-29-23(28-17(3)19-6-4-5-18(12-25)16(19)2)20-11-22(26-14-21(20)31(15)24)30-7-9-32-10-8-30/h4-6,11,13-14,17H,7-10H2,1-3H3,(H,27,28,29)/t17-/m1/s1. The summed E-state index contributed by atoms with van der Waals surface area (Å²) in [5.74, 6) is 2.30. The zero-order valence-corrected chi connectivity index (χ0v) is 18.5. The van der Waals surface area contributed by atoms with Gasteiger partial charge in [0.2, 0.25) is 5.78 Å². The number of pyridine rings is 1. The molecular formula is C24H25N7O. The van der Waals surface area contributed by atoms with Gasteiger partial charge in [0.25, 0.3) is 0 Å². The number of ether oxygens (including phenoxy) is 1. The van der Waals surface area contributed by atoms with E-state index < -0.39 is 0 Å². The van der Waals surface area contributed by atoms with Crippen LogP contribution in [-0.4, -0.2) is 45.7 Å². The maximum absolute atomic E-state index is 9.42. The van der Waals surface area contributed by atoms with Crippen molar-refractivity contribution in [3.8, 4) is 6.07 Å². The molecule has 1 atom stereocenters. The molecule has 1 aliphatic rings. The van der Waals surface area contributed by atoms with Gasteiger partial charge in [-0.05, 0) is 44.0 Å². The maximum Gasteiger partial charge on any atom is 0.236 e. The third kappa shape index (κ3) is 3.41. The molecule has 5 rings (SSSR count). The maximum atomic E-state index is 9.42. The lowest BCUT2D eigenvalue weighted by atomic mass is 9.98. The van der Waals surface area contributed by atoms with Crippen LogP contribution in [0, 0.1) is 25.2 Å². The van der Waals surface area contributed by atoms with Crippen molar-refractivity contribution in [3.05, 3.63) is 59.0 Å². The zero-order chi connectivity index (χ0) is 22.2. The van der Waals surface area contributed by atoms with Crippen molar-refractivity contribution in [2.24, 2.45) is 0 Å². The van der Waals surface area contributed by atoms with E-state index in [0.717, 1.165) is 52.4 Å². The molecule has 1 aromatic carbocycles. The van der Waals surface area contributed by atoms with Crippen molar-refractivity contribution in [1.82, 2.24) is 19.4 Å². The summed E-state index contributed by atoms with van der Waals surface area (Å²) in [5.41, 5.74) is 4.70. The van der Waals surface area contributed by atoms with E-state index >= 15 is 0 Å². The highest BCUT2D eigenvalue weighted by Gasteiger charge is 2.19. The molecule has 0 saturated carbocycles. The van der Waals surface area contributed by atoms with Gasteiger partial charge in [0.15, 0.2) is 0 Å². The Labute approximate surface area is 186 Å². The third-order valence-corrected chi connectivity index (χ3v) is 6.15. The van der Waals surface area contributed by atoms with Crippen LogP contribution in [-0.2, 0) is 4.74 Å². The topological polar surface area (TPSA) is 91.4 Å². The van der Waals surface area contributed by atoms with Crippen molar-refractivity contribution >= 4 is 28.3 Å². The van der Waals surface area contributed by atoms with Crippen LogP contribution in [0.1, 0.15) is 35.3 Å². The van der Waals surface area contributed by atoms with E-state index in [2.05, 4.69) is 40.3 Å². The molecule has 8 nitrogen and oxygen atoms in total. The Balaban J connectivity index is 1.62. The van der Waals surface area contributed by atoms with Crippen molar-refractivity contribution in [1.29, 1.82) is 5.26 Å². The van der Waals surface area contributed by atoms with Gasteiger partial charge in [-0.1, -0.05) is 12.1 Å². The second-order valence-electron chi connectivity index (χ2n) is 8.15. The number of anilines is 2. The van der Waals surface area contributed by atoms with E-state index in [1.54, 1.807) is 0 Å². The molecule has 0 bridgehead atoms. The van der Waals surface area contributed by atoms with Crippen molar-refractivity contribution in [3.63, 3.8) is 0 Å². The molecule has 1 N–H and O–H groups in total. The van der Waals surface area contributed by atoms with Crippen molar-refractivity contribution in [2.75, 3.05) is 36.5 Å². The summed E-state index contributed by atoms with van der Waals surface area (Å²) in [7, 11) is 0. The first-order valence-corrected chi connectivity index (χ1v) is 10.8. The van der Waals surface area contributed by atoms with E-state index in [9.17, 15) is 5.26 Å². The SMILES string of the molecule is Cc1c(C#N)cccc1[C@@H](C)Nc1nc2ncc(C)n2c2cnc(N3CCOCC3)cc12. The number of rotatable bonds is 4. The monoisotopic (exact) mass is 427 g/mol. The number of imidazole rings is 1. The van der Waals surface area contributed by atoms with Crippen LogP contribution in [0.5, 0.6) is 0 Å². The Morgan fingerprint density at radius 3 is 2.75 bits per heavy atom. The summed E-state index contributed by atoms with van der Waals surface area (Å²) in [6.45, 7) is 9.13. The first kappa shape index (κ1) is 20.2. The van der Waals surface area contributed by atoms with Crippen LogP contribution < -0.4 is 10.2 Å². The lowest BCUT2D eigenvalue weighted by Gasteiger charge is -2.28. The molecule has 1 fully saturated rings. The summed E-state index contributed by atoms with van der Waals surface area (Å²) in [4.78, 5) is 16.3. The van der Waals surface area contributed by atoms with E-state index in [1.807, 2.05) is 42.8 Å². The highest BCUT2D eigenvalue weighted by molar-refractivity contribution is 5.92. The first-order chi connectivity index (χ1) is 15.6. The Hall–Kier alpha value is -3.70. The van der Waals surface area contributed by atoms with Gasteiger partial charge >= 0.3 is 0 Å². The number of benzene rings is 1. The Bertz CT molecular complexity index is 1350. The lowest BCUT2D eigenvalue weighted by Crippen LogP contribution is -2.36. The van der Waals surface area contributed by atoms with Crippen molar-refractivity contribution in [2.45, 2.75) is 26.8 Å². The second-order valence-corrected chi connectivity index (χ2v) is 8.15. The number of nitrogens with zero attached hydrogens (tertiary/aromatic N) is 6. The van der Waals surface area contributed by atoms with Crippen molar-refractivity contribution < 1.29 is 4.74 Å². The first-order valence-electron chi connectivity index (χ1n) is 10.8. The quantitative estimate of drug-likeness (QED) is 0.530. The molecule has 0 radical (unpaired) electrons. The van der Waals surface area contributed by atoms with Crippen LogP contribution in [0.2, 0.25) is 0 Å². The largest absolute Gasteiger partial charge is 0.378 e. The Morgan fingerprint density at radius 2 is 1.97 bits per heavy atom. The summed E-state index contributed by atoms with van der Waals surface area (Å²) < 4.78 is 7.53. The highest BCUT2D eigenvalue weighted by atomic mass is 16.5. The smallest absolute Gasteiger partial charge is 0.236 e. The second kappa shape index (κ2) is 8.09. The molecule has 162 valence electrons. The van der Waals surface area contributed by atoms with Gasteiger partial charge in [-0.25, -0.2) is 9.97 Å². The average Bonchev–Trinajstić information content (AvgIpc) is 3.20. The molecule has 4 heterocycles. The molecular weight excluding hydrogens is 402 g/mol. The number of aryl methyl sites for hydroxylation is 1. The fraction of sp³-hybridized carbons (Fsp3) is 0.333. The average molecular weight is 428 g/mol. The highest BCUT2D eigenvalue weighted by Crippen LogP contribution is 2.31. The number of nitrogens with one attached hydrogen (secondary N) is 1. The molecule has 3 aromatic heterocycles. The molecule has 0 spiro atoms. The minimum atomic E-state index is -0.0440. The minimum Gasteiger partial charge on any atom is -0.378 e. The van der Waals surface area contributed by atoms with E-state index in [-0.39, 0.29) is 6.04 Å². The molecule has 0 unspecified atom stereocenters. The summed E-state index contributed by atoms with van der Waals surface area (Å²) in [6.07, 6.45) is 3.73. The zero-order valence-electron chi connectivity index (χ0n) is 18.5. The van der Waals surface area contributed by atoms with Crippen LogP contribution >= 0.6 is 0 Å². The fourth-order valence-corrected chi connectivity index (χ4v) is 4.37. The third-order valence-electron chi connectivity index (χ3n) is 6.15. The molecule has 4 aromatic rings. The molecule has 8 heteroatoms. The normalized spacial score (nSPS) is 15.1. The molecule has 1 aliphatic heterocycles. The summed E-state index contributed by atoms with van der Waals surface area (Å²) >= 11 is 0.